The van der Waals surface area contributed by atoms with Crippen molar-refractivity contribution < 1.29 is 9.53 Å². The lowest BCUT2D eigenvalue weighted by Gasteiger charge is -2.04. The minimum atomic E-state index is -0.0131. The van der Waals surface area contributed by atoms with Gasteiger partial charge in [0.05, 0.1) is 6.61 Å². The van der Waals surface area contributed by atoms with E-state index >= 15 is 0 Å². The van der Waals surface area contributed by atoms with Crippen molar-refractivity contribution in [1.29, 1.82) is 0 Å². The summed E-state index contributed by atoms with van der Waals surface area (Å²) in [4.78, 5) is 11.5. The molecule has 0 saturated heterocycles. The van der Waals surface area contributed by atoms with E-state index in [9.17, 15) is 4.79 Å². The zero-order chi connectivity index (χ0) is 11.1. The number of ether oxygens (including phenoxy) is 1. The van der Waals surface area contributed by atoms with Crippen LogP contribution >= 0.6 is 0 Å². The highest BCUT2D eigenvalue weighted by Crippen LogP contribution is 2.05. The zero-order valence-corrected chi connectivity index (χ0v) is 9.25. The first-order chi connectivity index (χ1) is 7.27. The fourth-order valence-electron chi connectivity index (χ4n) is 1.26. The molecule has 1 aromatic rings. The fraction of sp³-hybridized carbons (Fsp3) is 0.417. The molecule has 0 spiro atoms. The molecule has 1 aromatic carbocycles. The smallest absolute Gasteiger partial charge is 0.251 e. The molecule has 0 unspecified atom stereocenters. The van der Waals surface area contributed by atoms with E-state index in [4.69, 9.17) is 4.74 Å². The second-order valence-corrected chi connectivity index (χ2v) is 3.39. The average Bonchev–Trinajstić information content (AvgIpc) is 2.27. The van der Waals surface area contributed by atoms with Gasteiger partial charge in [0.15, 0.2) is 0 Å². The third-order valence-corrected chi connectivity index (χ3v) is 2.06. The molecule has 0 radical (unpaired) electrons. The first-order valence-corrected chi connectivity index (χ1v) is 5.14. The Kier molecular flexibility index (Phi) is 4.84. The lowest BCUT2D eigenvalue weighted by atomic mass is 10.1. The number of amides is 1. The lowest BCUT2D eigenvalue weighted by molar-refractivity contribution is 0.0953. The maximum Gasteiger partial charge on any atom is 0.251 e. The van der Waals surface area contributed by atoms with Gasteiger partial charge in [-0.1, -0.05) is 19.1 Å². The molecule has 3 heteroatoms. The number of nitrogens with one attached hydrogen (secondary N) is 1. The van der Waals surface area contributed by atoms with E-state index in [0.29, 0.717) is 12.2 Å². The molecule has 0 aromatic heterocycles. The van der Waals surface area contributed by atoms with E-state index in [-0.39, 0.29) is 5.91 Å². The average molecular weight is 207 g/mol. The maximum absolute atomic E-state index is 11.5. The largest absolute Gasteiger partial charge is 0.380 e. The van der Waals surface area contributed by atoms with Crippen molar-refractivity contribution in [3.8, 4) is 0 Å². The van der Waals surface area contributed by atoms with Crippen molar-refractivity contribution >= 4 is 5.91 Å². The van der Waals surface area contributed by atoms with Crippen LogP contribution in [-0.4, -0.2) is 19.6 Å². The van der Waals surface area contributed by atoms with Crippen LogP contribution in [0.15, 0.2) is 24.3 Å². The van der Waals surface area contributed by atoms with Gasteiger partial charge < -0.3 is 10.1 Å². The highest BCUT2D eigenvalue weighted by atomic mass is 16.5. The molecule has 1 rings (SSSR count). The van der Waals surface area contributed by atoms with Crippen LogP contribution in [0.4, 0.5) is 0 Å². The maximum atomic E-state index is 11.5. The third kappa shape index (κ3) is 3.72. The van der Waals surface area contributed by atoms with Crippen LogP contribution in [-0.2, 0) is 11.3 Å². The number of carbonyl (C=O) groups excluding carboxylic acids is 1. The predicted octanol–water partition coefficient (Wildman–Crippen LogP) is 1.97. The van der Waals surface area contributed by atoms with E-state index in [1.54, 1.807) is 7.11 Å². The molecule has 0 aliphatic heterocycles. The quantitative estimate of drug-likeness (QED) is 0.801. The molecule has 0 aliphatic carbocycles. The second kappa shape index (κ2) is 6.19. The minimum Gasteiger partial charge on any atom is -0.380 e. The van der Waals surface area contributed by atoms with E-state index in [1.165, 1.54) is 0 Å². The zero-order valence-electron chi connectivity index (χ0n) is 9.25. The SMILES string of the molecule is CCCNC(=O)c1ccc(COC)cc1. The van der Waals surface area contributed by atoms with Crippen LogP contribution in [0.5, 0.6) is 0 Å². The molecule has 0 bridgehead atoms. The summed E-state index contributed by atoms with van der Waals surface area (Å²) in [6.45, 7) is 3.33. The molecule has 82 valence electrons. The summed E-state index contributed by atoms with van der Waals surface area (Å²) >= 11 is 0. The van der Waals surface area contributed by atoms with Crippen molar-refractivity contribution in [2.75, 3.05) is 13.7 Å². The predicted molar refractivity (Wildman–Crippen MR) is 59.8 cm³/mol. The summed E-state index contributed by atoms with van der Waals surface area (Å²) in [6.07, 6.45) is 0.952. The van der Waals surface area contributed by atoms with Gasteiger partial charge in [-0.25, -0.2) is 0 Å². The van der Waals surface area contributed by atoms with Crippen molar-refractivity contribution in [2.45, 2.75) is 20.0 Å². The Hall–Kier alpha value is -1.35. The molecule has 0 heterocycles. The number of hydrogen-bond donors (Lipinski definition) is 1. The molecule has 0 saturated carbocycles. The minimum absolute atomic E-state index is 0.0131. The van der Waals surface area contributed by atoms with E-state index in [0.717, 1.165) is 18.5 Å². The first-order valence-electron chi connectivity index (χ1n) is 5.14. The fourth-order valence-corrected chi connectivity index (χ4v) is 1.26. The second-order valence-electron chi connectivity index (χ2n) is 3.39. The molecule has 0 fully saturated rings. The highest BCUT2D eigenvalue weighted by molar-refractivity contribution is 5.94. The summed E-state index contributed by atoms with van der Waals surface area (Å²) in [7, 11) is 1.65. The van der Waals surface area contributed by atoms with Gasteiger partial charge in [0.25, 0.3) is 5.91 Å². The van der Waals surface area contributed by atoms with Crippen molar-refractivity contribution in [3.63, 3.8) is 0 Å². The number of rotatable bonds is 5. The van der Waals surface area contributed by atoms with Gasteiger partial charge in [-0.05, 0) is 24.1 Å². The Morgan fingerprint density at radius 3 is 2.53 bits per heavy atom. The van der Waals surface area contributed by atoms with Gasteiger partial charge in [-0.15, -0.1) is 0 Å². The summed E-state index contributed by atoms with van der Waals surface area (Å²) in [6, 6.07) is 7.45. The van der Waals surface area contributed by atoms with Gasteiger partial charge in [-0.2, -0.15) is 0 Å². The van der Waals surface area contributed by atoms with E-state index in [2.05, 4.69) is 5.32 Å². The summed E-state index contributed by atoms with van der Waals surface area (Å²) in [5.41, 5.74) is 1.77. The van der Waals surface area contributed by atoms with Crippen molar-refractivity contribution in [3.05, 3.63) is 35.4 Å². The van der Waals surface area contributed by atoms with Crippen molar-refractivity contribution in [2.24, 2.45) is 0 Å². The van der Waals surface area contributed by atoms with Gasteiger partial charge in [0, 0.05) is 19.2 Å². The summed E-state index contributed by atoms with van der Waals surface area (Å²) in [5.74, 6) is -0.0131. The van der Waals surface area contributed by atoms with Crippen LogP contribution < -0.4 is 5.32 Å². The van der Waals surface area contributed by atoms with Crippen LogP contribution in [0, 0.1) is 0 Å². The molecule has 1 N–H and O–H groups in total. The van der Waals surface area contributed by atoms with E-state index in [1.807, 2.05) is 31.2 Å². The third-order valence-electron chi connectivity index (χ3n) is 2.06. The molecule has 0 aliphatic rings. The monoisotopic (exact) mass is 207 g/mol. The molecular weight excluding hydrogens is 190 g/mol. The Morgan fingerprint density at radius 2 is 2.00 bits per heavy atom. The number of hydrogen-bond acceptors (Lipinski definition) is 2. The van der Waals surface area contributed by atoms with Crippen LogP contribution in [0.25, 0.3) is 0 Å². The summed E-state index contributed by atoms with van der Waals surface area (Å²) < 4.78 is 4.99. The Labute approximate surface area is 90.4 Å². The summed E-state index contributed by atoms with van der Waals surface area (Å²) in [5, 5.41) is 2.83. The number of carbonyl (C=O) groups is 1. The highest BCUT2D eigenvalue weighted by Gasteiger charge is 2.03. The first kappa shape index (κ1) is 11.7. The molecular formula is C12H17NO2. The number of benzene rings is 1. The van der Waals surface area contributed by atoms with Crippen LogP contribution in [0.1, 0.15) is 29.3 Å². The van der Waals surface area contributed by atoms with Crippen LogP contribution in [0.3, 0.4) is 0 Å². The van der Waals surface area contributed by atoms with Gasteiger partial charge in [0.1, 0.15) is 0 Å². The number of methoxy groups -OCH3 is 1. The Bertz CT molecular complexity index is 306. The van der Waals surface area contributed by atoms with E-state index < -0.39 is 0 Å². The molecule has 1 amide bonds. The van der Waals surface area contributed by atoms with Crippen molar-refractivity contribution in [1.82, 2.24) is 5.32 Å². The van der Waals surface area contributed by atoms with Gasteiger partial charge in [-0.3, -0.25) is 4.79 Å². The Balaban J connectivity index is 2.58. The molecule has 15 heavy (non-hydrogen) atoms. The van der Waals surface area contributed by atoms with Crippen LogP contribution in [0.2, 0.25) is 0 Å². The molecule has 0 atom stereocenters. The topological polar surface area (TPSA) is 38.3 Å². The lowest BCUT2D eigenvalue weighted by Crippen LogP contribution is -2.23. The molecule has 3 nitrogen and oxygen atoms in total. The van der Waals surface area contributed by atoms with Gasteiger partial charge in [0.2, 0.25) is 0 Å². The standard InChI is InChI=1S/C12H17NO2/c1-3-8-13-12(14)11-6-4-10(5-7-11)9-15-2/h4-7H,3,8-9H2,1-2H3,(H,13,14). The van der Waals surface area contributed by atoms with Gasteiger partial charge >= 0.3 is 0 Å². The normalized spacial score (nSPS) is 10.0. The Morgan fingerprint density at radius 1 is 1.33 bits per heavy atom.